The normalized spacial score (nSPS) is 16.9. The Bertz CT molecular complexity index is 1260. The van der Waals surface area contributed by atoms with Crippen molar-refractivity contribution in [1.29, 1.82) is 0 Å². The van der Waals surface area contributed by atoms with Crippen molar-refractivity contribution in [3.8, 4) is 0 Å². The molecule has 2 atom stereocenters. The monoisotopic (exact) mass is 992 g/mol. The number of unbranched alkanes of at least 4 members (excludes halogenated alkanes) is 22. The molecule has 410 valence electrons. The maximum Gasteiger partial charge on any atom is 0.320 e. The maximum absolute atomic E-state index is 13.5. The lowest BCUT2D eigenvalue weighted by Gasteiger charge is -2.31. The number of likely N-dealkylation sites (N-methyl/N-ethyl adjacent to an activating group) is 1. The molecule has 2 aliphatic heterocycles. The van der Waals surface area contributed by atoms with E-state index in [4.69, 9.17) is 19.0 Å². The minimum absolute atomic E-state index is 0.0475. The molecule has 70 heavy (non-hydrogen) atoms. The minimum Gasteiger partial charge on any atom is -0.466 e. The topological polar surface area (TPSA) is 118 Å². The summed E-state index contributed by atoms with van der Waals surface area (Å²) in [5.41, 5.74) is 0. The van der Waals surface area contributed by atoms with Gasteiger partial charge in [-0.25, -0.2) is 9.74 Å². The highest BCUT2D eigenvalue weighted by Crippen LogP contribution is 2.25. The summed E-state index contributed by atoms with van der Waals surface area (Å²) in [6, 6.07) is 0. The van der Waals surface area contributed by atoms with Crippen LogP contribution >= 0.6 is 0 Å². The maximum atomic E-state index is 13.5. The highest BCUT2D eigenvalue weighted by atomic mass is 16.8. The minimum atomic E-state index is -0.504. The average Bonchev–Trinajstić information content (AvgIpc) is 3.75. The molecule has 0 bridgehead atoms. The first-order valence-electron chi connectivity index (χ1n) is 30.0. The van der Waals surface area contributed by atoms with E-state index < -0.39 is 6.17 Å². The molecule has 0 radical (unpaired) electrons. The van der Waals surface area contributed by atoms with Crippen LogP contribution in [0.3, 0.4) is 0 Å². The standard InChI is InChI=1S/C58H111N4O8/c1-6-10-14-16-20-28-38-53(39-29-21-17-15-11-7-2)69-57(64)41-31-23-19-25-33-48-68-62(66)55-49-54(70-58(65)51-60-45-43-59(5)44-46-60)50-61(55)42-32-24-18-22-30-40-56(63)67-47-34-37-52(35-26-12-8-3)36-27-13-9-4/h52-55H,6-51H2,1-5H3/q+1/t54-,55+/m0/s1. The van der Waals surface area contributed by atoms with Crippen LogP contribution in [0.25, 0.3) is 0 Å². The van der Waals surface area contributed by atoms with Crippen molar-refractivity contribution in [3.05, 3.63) is 4.91 Å². The second-order valence-electron chi connectivity index (χ2n) is 21.5. The number of esters is 3. The van der Waals surface area contributed by atoms with Crippen LogP contribution in [0.15, 0.2) is 0 Å². The van der Waals surface area contributed by atoms with E-state index in [0.717, 1.165) is 146 Å². The van der Waals surface area contributed by atoms with Gasteiger partial charge in [-0.05, 0) is 83.6 Å². The van der Waals surface area contributed by atoms with E-state index in [2.05, 4.69) is 49.4 Å². The van der Waals surface area contributed by atoms with Crippen LogP contribution < -0.4 is 0 Å². The van der Waals surface area contributed by atoms with Gasteiger partial charge in [0.1, 0.15) is 12.2 Å². The van der Waals surface area contributed by atoms with Crippen LogP contribution in [-0.2, 0) is 33.4 Å². The van der Waals surface area contributed by atoms with E-state index in [9.17, 15) is 19.3 Å². The summed E-state index contributed by atoms with van der Waals surface area (Å²) in [5.74, 6) is 0.415. The summed E-state index contributed by atoms with van der Waals surface area (Å²) in [4.78, 5) is 64.9. The molecule has 0 N–H and O–H groups in total. The first kappa shape index (κ1) is 63.8. The third-order valence-electron chi connectivity index (χ3n) is 14.9. The Morgan fingerprint density at radius 1 is 0.529 bits per heavy atom. The third kappa shape index (κ3) is 34.2. The lowest BCUT2D eigenvalue weighted by molar-refractivity contribution is -0.837. The smallest absolute Gasteiger partial charge is 0.320 e. The number of hydrogen-bond acceptors (Lipinski definition) is 11. The molecule has 0 unspecified atom stereocenters. The summed E-state index contributed by atoms with van der Waals surface area (Å²) < 4.78 is 17.6. The van der Waals surface area contributed by atoms with Gasteiger partial charge < -0.3 is 19.1 Å². The number of hydrogen-bond donors (Lipinski definition) is 0. The van der Waals surface area contributed by atoms with E-state index in [0.29, 0.717) is 39.0 Å². The summed E-state index contributed by atoms with van der Waals surface area (Å²) in [5, 5.41) is 0. The lowest BCUT2D eigenvalue weighted by Crippen LogP contribution is -2.46. The van der Waals surface area contributed by atoms with Gasteiger partial charge in [-0.1, -0.05) is 175 Å². The van der Waals surface area contributed by atoms with Gasteiger partial charge in [-0.15, -0.1) is 0 Å². The van der Waals surface area contributed by atoms with E-state index in [1.807, 2.05) is 0 Å². The van der Waals surface area contributed by atoms with Crippen molar-refractivity contribution >= 4 is 17.9 Å². The molecule has 2 heterocycles. The third-order valence-corrected chi connectivity index (χ3v) is 14.9. The molecule has 0 aromatic rings. The zero-order valence-corrected chi connectivity index (χ0v) is 46.4. The van der Waals surface area contributed by atoms with E-state index in [-0.39, 0.29) is 36.7 Å². The number of likely N-dealkylation sites (tertiary alicyclic amines) is 1. The fourth-order valence-corrected chi connectivity index (χ4v) is 10.3. The lowest BCUT2D eigenvalue weighted by atomic mass is 9.91. The van der Waals surface area contributed by atoms with Crippen LogP contribution in [0.4, 0.5) is 0 Å². The molecule has 0 saturated carbocycles. The van der Waals surface area contributed by atoms with Crippen LogP contribution in [0.5, 0.6) is 0 Å². The Kier molecular flexibility index (Phi) is 40.3. The van der Waals surface area contributed by atoms with E-state index in [1.54, 1.807) is 0 Å². The summed E-state index contributed by atoms with van der Waals surface area (Å²) >= 11 is 0. The van der Waals surface area contributed by atoms with Crippen LogP contribution in [-0.4, -0.2) is 122 Å². The molecule has 2 rings (SSSR count). The van der Waals surface area contributed by atoms with E-state index in [1.165, 1.54) is 116 Å². The number of ether oxygens (including phenoxy) is 3. The van der Waals surface area contributed by atoms with Gasteiger partial charge in [-0.3, -0.25) is 19.3 Å². The second kappa shape index (κ2) is 44.2. The first-order chi connectivity index (χ1) is 34.2. The second-order valence-corrected chi connectivity index (χ2v) is 21.5. The van der Waals surface area contributed by atoms with Gasteiger partial charge in [0.15, 0.2) is 6.61 Å². The molecular weight excluding hydrogens is 881 g/mol. The SMILES string of the molecule is CCCCCCCCC(CCCCCCCC)OC(=O)CCCCCCCO[N+](=O)[C@@H]1C[C@H](OC(=O)CN2CCN(C)CC2)CN1CCCCCCCC(=O)OCCCC(CCCCC)CCCCC. The molecule has 0 aromatic carbocycles. The van der Waals surface area contributed by atoms with Gasteiger partial charge in [0.05, 0.1) is 24.5 Å². The Balaban J connectivity index is 1.71. The summed E-state index contributed by atoms with van der Waals surface area (Å²) in [6.07, 6.45) is 39.3. The van der Waals surface area contributed by atoms with Crippen molar-refractivity contribution in [2.75, 3.05) is 66.1 Å². The fraction of sp³-hybridized carbons (Fsp3) is 0.948. The predicted molar refractivity (Wildman–Crippen MR) is 287 cm³/mol. The molecular formula is C58H111N4O8+. The Morgan fingerprint density at radius 3 is 1.61 bits per heavy atom. The van der Waals surface area contributed by atoms with Crippen LogP contribution in [0.2, 0.25) is 0 Å². The molecule has 0 aliphatic carbocycles. The van der Waals surface area contributed by atoms with Gasteiger partial charge in [0.2, 0.25) is 4.92 Å². The van der Waals surface area contributed by atoms with Crippen LogP contribution in [0.1, 0.15) is 265 Å². The molecule has 2 saturated heterocycles. The van der Waals surface area contributed by atoms with Gasteiger partial charge in [0, 0.05) is 52.1 Å². The molecule has 12 nitrogen and oxygen atoms in total. The zero-order valence-electron chi connectivity index (χ0n) is 46.4. The van der Waals surface area contributed by atoms with Gasteiger partial charge in [-0.2, -0.15) is 0 Å². The average molecular weight is 993 g/mol. The number of nitrogens with zero attached hydrogens (tertiary/aromatic N) is 4. The first-order valence-corrected chi connectivity index (χ1v) is 30.0. The van der Waals surface area contributed by atoms with Crippen LogP contribution in [0, 0.1) is 10.8 Å². The molecule has 0 spiro atoms. The Hall–Kier alpha value is -2.31. The molecule has 0 amide bonds. The Labute approximate surface area is 430 Å². The van der Waals surface area contributed by atoms with Crippen molar-refractivity contribution in [2.24, 2.45) is 5.92 Å². The number of carbonyl (C=O) groups excluding carboxylic acids is 3. The molecule has 2 aliphatic rings. The largest absolute Gasteiger partial charge is 0.466 e. The van der Waals surface area contributed by atoms with Gasteiger partial charge >= 0.3 is 24.1 Å². The fourth-order valence-electron chi connectivity index (χ4n) is 10.3. The summed E-state index contributed by atoms with van der Waals surface area (Å²) in [7, 11) is 2.10. The Morgan fingerprint density at radius 2 is 1.01 bits per heavy atom. The molecule has 2 fully saturated rings. The van der Waals surface area contributed by atoms with E-state index >= 15 is 0 Å². The molecule has 0 aromatic heterocycles. The van der Waals surface area contributed by atoms with Crippen molar-refractivity contribution in [2.45, 2.75) is 284 Å². The van der Waals surface area contributed by atoms with Gasteiger partial charge in [0.25, 0.3) is 0 Å². The van der Waals surface area contributed by atoms with Crippen molar-refractivity contribution < 1.29 is 38.4 Å². The number of rotatable bonds is 48. The predicted octanol–water partition coefficient (Wildman–Crippen LogP) is 14.1. The van der Waals surface area contributed by atoms with Crippen molar-refractivity contribution in [1.82, 2.24) is 14.7 Å². The number of carbonyl (C=O) groups is 3. The van der Waals surface area contributed by atoms with Crippen molar-refractivity contribution in [3.63, 3.8) is 0 Å². The zero-order chi connectivity index (χ0) is 50.7. The molecule has 12 heteroatoms. The highest BCUT2D eigenvalue weighted by Gasteiger charge is 2.45. The quantitative estimate of drug-likeness (QED) is 0.0251. The number of piperazine rings is 1. The highest BCUT2D eigenvalue weighted by molar-refractivity contribution is 5.72. The summed E-state index contributed by atoms with van der Waals surface area (Å²) in [6.45, 7) is 15.0.